The van der Waals surface area contributed by atoms with Crippen LogP contribution in [0.4, 0.5) is 5.69 Å². The van der Waals surface area contributed by atoms with Gasteiger partial charge in [0.2, 0.25) is 10.0 Å². The molecule has 2 N–H and O–H groups in total. The van der Waals surface area contributed by atoms with E-state index in [0.717, 1.165) is 12.8 Å². The molecule has 0 aromatic heterocycles. The molecule has 1 aromatic carbocycles. The molecule has 0 atom stereocenters. The Morgan fingerprint density at radius 3 is 2.53 bits per heavy atom. The molecule has 0 heterocycles. The Morgan fingerprint density at radius 1 is 1.29 bits per heavy atom. The predicted octanol–water partition coefficient (Wildman–Crippen LogP) is 2.73. The highest BCUT2D eigenvalue weighted by Crippen LogP contribution is 2.31. The number of halogens is 1. The molecule has 2 rings (SSSR count). The van der Waals surface area contributed by atoms with Crippen molar-refractivity contribution in [2.75, 3.05) is 4.72 Å². The summed E-state index contributed by atoms with van der Waals surface area (Å²) < 4.78 is 26.4. The highest BCUT2D eigenvalue weighted by atomic mass is 35.5. The first-order valence-corrected chi connectivity index (χ1v) is 7.41. The van der Waals surface area contributed by atoms with Crippen molar-refractivity contribution in [3.63, 3.8) is 0 Å². The van der Waals surface area contributed by atoms with Crippen LogP contribution >= 0.6 is 11.6 Å². The van der Waals surface area contributed by atoms with Crippen LogP contribution < -0.4 is 4.72 Å². The molecular formula is C11H14ClNO3S. The number of hydrogen-bond donors (Lipinski definition) is 2. The van der Waals surface area contributed by atoms with E-state index in [1.54, 1.807) is 0 Å². The SMILES string of the molecule is O=S(=O)(Nc1ccc(Cl)cc1O)C1CCCC1. The molecule has 94 valence electrons. The number of phenols is 1. The van der Waals surface area contributed by atoms with E-state index in [-0.39, 0.29) is 16.7 Å². The van der Waals surface area contributed by atoms with Gasteiger partial charge in [0.1, 0.15) is 5.75 Å². The molecule has 0 amide bonds. The fourth-order valence-electron chi connectivity index (χ4n) is 2.03. The Hall–Kier alpha value is -0.940. The first-order chi connectivity index (χ1) is 7.99. The largest absolute Gasteiger partial charge is 0.506 e. The number of nitrogens with one attached hydrogen (secondary N) is 1. The van der Waals surface area contributed by atoms with E-state index >= 15 is 0 Å². The lowest BCUT2D eigenvalue weighted by atomic mass is 10.3. The number of benzene rings is 1. The van der Waals surface area contributed by atoms with Crippen LogP contribution in [0, 0.1) is 0 Å². The molecule has 6 heteroatoms. The smallest absolute Gasteiger partial charge is 0.235 e. The lowest BCUT2D eigenvalue weighted by molar-refractivity contribution is 0.477. The maximum atomic E-state index is 12.0. The fourth-order valence-corrected chi connectivity index (χ4v) is 3.79. The summed E-state index contributed by atoms with van der Waals surface area (Å²) in [5, 5.41) is 9.60. The number of rotatable bonds is 3. The predicted molar refractivity (Wildman–Crippen MR) is 67.9 cm³/mol. The van der Waals surface area contributed by atoms with Gasteiger partial charge >= 0.3 is 0 Å². The zero-order valence-electron chi connectivity index (χ0n) is 9.19. The second-order valence-corrected chi connectivity index (χ2v) is 6.61. The summed E-state index contributed by atoms with van der Waals surface area (Å²) in [4.78, 5) is 0. The number of aromatic hydroxyl groups is 1. The topological polar surface area (TPSA) is 66.4 Å². The van der Waals surface area contributed by atoms with Crippen LogP contribution in [0.5, 0.6) is 5.75 Å². The van der Waals surface area contributed by atoms with Crippen molar-refractivity contribution in [1.82, 2.24) is 0 Å². The minimum absolute atomic E-state index is 0.154. The van der Waals surface area contributed by atoms with Crippen molar-refractivity contribution in [3.8, 4) is 5.75 Å². The fraction of sp³-hybridized carbons (Fsp3) is 0.455. The molecule has 1 aromatic rings. The lowest BCUT2D eigenvalue weighted by Gasteiger charge is -2.14. The van der Waals surface area contributed by atoms with Gasteiger partial charge in [-0.1, -0.05) is 24.4 Å². The molecule has 0 bridgehead atoms. The van der Waals surface area contributed by atoms with Gasteiger partial charge in [0.05, 0.1) is 10.9 Å². The zero-order chi connectivity index (χ0) is 12.5. The maximum absolute atomic E-state index is 12.0. The first-order valence-electron chi connectivity index (χ1n) is 5.49. The van der Waals surface area contributed by atoms with Gasteiger partial charge < -0.3 is 5.11 Å². The van der Waals surface area contributed by atoms with E-state index in [1.807, 2.05) is 0 Å². The van der Waals surface area contributed by atoms with E-state index in [1.165, 1.54) is 18.2 Å². The summed E-state index contributed by atoms with van der Waals surface area (Å²) in [6.45, 7) is 0. The molecule has 0 unspecified atom stereocenters. The van der Waals surface area contributed by atoms with Crippen LogP contribution in [-0.2, 0) is 10.0 Å². The quantitative estimate of drug-likeness (QED) is 0.834. The van der Waals surface area contributed by atoms with Crippen molar-refractivity contribution in [2.24, 2.45) is 0 Å². The van der Waals surface area contributed by atoms with Crippen LogP contribution in [0.2, 0.25) is 5.02 Å². The minimum Gasteiger partial charge on any atom is -0.506 e. The van der Waals surface area contributed by atoms with Crippen molar-refractivity contribution in [1.29, 1.82) is 0 Å². The Labute approximate surface area is 106 Å². The van der Waals surface area contributed by atoms with Crippen molar-refractivity contribution < 1.29 is 13.5 Å². The van der Waals surface area contributed by atoms with Gasteiger partial charge in [-0.15, -0.1) is 0 Å². The molecule has 17 heavy (non-hydrogen) atoms. The second-order valence-electron chi connectivity index (χ2n) is 4.22. The van der Waals surface area contributed by atoms with Gasteiger partial charge in [0.15, 0.2) is 0 Å². The monoisotopic (exact) mass is 275 g/mol. The molecule has 0 radical (unpaired) electrons. The highest BCUT2D eigenvalue weighted by molar-refractivity contribution is 7.93. The molecule has 0 saturated heterocycles. The van der Waals surface area contributed by atoms with Crippen molar-refractivity contribution in [3.05, 3.63) is 23.2 Å². The van der Waals surface area contributed by atoms with Gasteiger partial charge in [0.25, 0.3) is 0 Å². The summed E-state index contributed by atoms with van der Waals surface area (Å²) >= 11 is 5.68. The summed E-state index contributed by atoms with van der Waals surface area (Å²) in [5.41, 5.74) is 0.182. The molecule has 1 aliphatic rings. The Balaban J connectivity index is 2.19. The average Bonchev–Trinajstić information content (AvgIpc) is 2.76. The third kappa shape index (κ3) is 2.84. The molecule has 0 spiro atoms. The van der Waals surface area contributed by atoms with Gasteiger partial charge in [-0.3, -0.25) is 4.72 Å². The minimum atomic E-state index is -3.40. The molecular weight excluding hydrogens is 262 g/mol. The summed E-state index contributed by atoms with van der Waals surface area (Å²) in [6.07, 6.45) is 3.25. The normalized spacial score (nSPS) is 17.2. The lowest BCUT2D eigenvalue weighted by Crippen LogP contribution is -2.25. The van der Waals surface area contributed by atoms with E-state index in [4.69, 9.17) is 11.6 Å². The van der Waals surface area contributed by atoms with Crippen LogP contribution in [-0.4, -0.2) is 18.8 Å². The van der Waals surface area contributed by atoms with Gasteiger partial charge in [-0.25, -0.2) is 8.42 Å². The Kier molecular flexibility index (Phi) is 3.49. The van der Waals surface area contributed by atoms with E-state index in [0.29, 0.717) is 17.9 Å². The highest BCUT2D eigenvalue weighted by Gasteiger charge is 2.29. The summed E-state index contributed by atoms with van der Waals surface area (Å²) in [7, 11) is -3.40. The van der Waals surface area contributed by atoms with Crippen LogP contribution in [0.25, 0.3) is 0 Å². The standard InChI is InChI=1S/C11H14ClNO3S/c12-8-5-6-10(11(14)7-8)13-17(15,16)9-3-1-2-4-9/h5-7,9,13-14H,1-4H2. The first kappa shape index (κ1) is 12.5. The zero-order valence-corrected chi connectivity index (χ0v) is 10.8. The molecule has 4 nitrogen and oxygen atoms in total. The number of hydrogen-bond acceptors (Lipinski definition) is 3. The maximum Gasteiger partial charge on any atom is 0.235 e. The molecule has 1 fully saturated rings. The van der Waals surface area contributed by atoms with Crippen LogP contribution in [0.15, 0.2) is 18.2 Å². The number of anilines is 1. The number of sulfonamides is 1. The summed E-state index contributed by atoms with van der Waals surface area (Å²) in [5.74, 6) is -0.154. The van der Waals surface area contributed by atoms with Crippen molar-refractivity contribution >= 4 is 27.3 Å². The van der Waals surface area contributed by atoms with E-state index in [9.17, 15) is 13.5 Å². The van der Waals surface area contributed by atoms with Gasteiger partial charge in [0, 0.05) is 11.1 Å². The third-order valence-electron chi connectivity index (χ3n) is 2.95. The average molecular weight is 276 g/mol. The van der Waals surface area contributed by atoms with Crippen LogP contribution in [0.1, 0.15) is 25.7 Å². The summed E-state index contributed by atoms with van der Waals surface area (Å²) in [6, 6.07) is 4.31. The van der Waals surface area contributed by atoms with Crippen LogP contribution in [0.3, 0.4) is 0 Å². The molecule has 0 aliphatic heterocycles. The second kappa shape index (κ2) is 4.74. The van der Waals surface area contributed by atoms with Crippen molar-refractivity contribution in [2.45, 2.75) is 30.9 Å². The van der Waals surface area contributed by atoms with E-state index in [2.05, 4.69) is 4.72 Å². The Morgan fingerprint density at radius 2 is 1.94 bits per heavy atom. The third-order valence-corrected chi connectivity index (χ3v) is 5.04. The van der Waals surface area contributed by atoms with Gasteiger partial charge in [-0.2, -0.15) is 0 Å². The number of phenolic OH excluding ortho intramolecular Hbond substituents is 1. The molecule has 1 aliphatic carbocycles. The van der Waals surface area contributed by atoms with E-state index < -0.39 is 10.0 Å². The molecule has 1 saturated carbocycles. The van der Waals surface area contributed by atoms with Gasteiger partial charge in [-0.05, 0) is 25.0 Å². The Bertz CT molecular complexity index is 509.